The zero-order chi connectivity index (χ0) is 7.98. The topological polar surface area (TPSA) is 27.7 Å². The molecular formula is C7H16O3. The Hall–Kier alpha value is -0.120. The first kappa shape index (κ1) is 9.88. The van der Waals surface area contributed by atoms with Crippen LogP contribution in [0, 0.1) is 0 Å². The van der Waals surface area contributed by atoms with E-state index in [1.54, 1.807) is 14.2 Å². The summed E-state index contributed by atoms with van der Waals surface area (Å²) in [7, 11) is 3.20. The third-order valence-electron chi connectivity index (χ3n) is 1.28. The molecule has 0 bridgehead atoms. The largest absolute Gasteiger partial charge is 0.374 e. The highest BCUT2D eigenvalue weighted by Crippen LogP contribution is 2.02. The van der Waals surface area contributed by atoms with Crippen molar-refractivity contribution < 1.29 is 14.2 Å². The van der Waals surface area contributed by atoms with Crippen molar-refractivity contribution in [2.75, 3.05) is 20.8 Å². The minimum Gasteiger partial charge on any atom is -0.374 e. The fraction of sp³-hybridized carbons (Fsp3) is 1.00. The van der Waals surface area contributed by atoms with Crippen LogP contribution >= 0.6 is 0 Å². The molecule has 0 fully saturated rings. The lowest BCUT2D eigenvalue weighted by Crippen LogP contribution is -2.29. The van der Waals surface area contributed by atoms with Gasteiger partial charge in [-0.25, -0.2) is 0 Å². The molecule has 0 N–H and O–H groups in total. The van der Waals surface area contributed by atoms with Crippen molar-refractivity contribution in [1.82, 2.24) is 0 Å². The Bertz CT molecular complexity index is 71.3. The van der Waals surface area contributed by atoms with Gasteiger partial charge in [0.2, 0.25) is 0 Å². The van der Waals surface area contributed by atoms with Gasteiger partial charge in [0, 0.05) is 20.8 Å². The fourth-order valence-corrected chi connectivity index (χ4v) is 0.821. The molecule has 0 spiro atoms. The first-order valence-electron chi connectivity index (χ1n) is 3.43. The van der Waals surface area contributed by atoms with Crippen LogP contribution in [0.5, 0.6) is 0 Å². The molecule has 0 saturated heterocycles. The molecule has 0 aliphatic heterocycles. The lowest BCUT2D eigenvalue weighted by atomic mass is 10.4. The van der Waals surface area contributed by atoms with Crippen molar-refractivity contribution in [3.05, 3.63) is 0 Å². The molecule has 62 valence electrons. The van der Waals surface area contributed by atoms with Crippen molar-refractivity contribution in [1.29, 1.82) is 0 Å². The highest BCUT2D eigenvalue weighted by Gasteiger charge is 2.14. The van der Waals surface area contributed by atoms with E-state index < -0.39 is 0 Å². The zero-order valence-electron chi connectivity index (χ0n) is 7.09. The highest BCUT2D eigenvalue weighted by atomic mass is 16.7. The highest BCUT2D eigenvalue weighted by molar-refractivity contribution is 4.52. The SMILES string of the molecule is CCOC(C)C(OC)OC. The Morgan fingerprint density at radius 2 is 1.70 bits per heavy atom. The van der Waals surface area contributed by atoms with Crippen LogP contribution in [0.25, 0.3) is 0 Å². The molecule has 1 atom stereocenters. The third kappa shape index (κ3) is 3.15. The summed E-state index contributed by atoms with van der Waals surface area (Å²) in [5, 5.41) is 0. The van der Waals surface area contributed by atoms with Crippen LogP contribution in [0.1, 0.15) is 13.8 Å². The molecule has 10 heavy (non-hydrogen) atoms. The monoisotopic (exact) mass is 148 g/mol. The van der Waals surface area contributed by atoms with Crippen molar-refractivity contribution in [2.45, 2.75) is 26.2 Å². The lowest BCUT2D eigenvalue weighted by molar-refractivity contribution is -0.173. The van der Waals surface area contributed by atoms with Crippen molar-refractivity contribution in [2.24, 2.45) is 0 Å². The first-order chi connectivity index (χ1) is 4.76. The molecule has 0 aromatic carbocycles. The standard InChI is InChI=1S/C7H16O3/c1-5-10-6(2)7(8-3)9-4/h6-7H,5H2,1-4H3. The van der Waals surface area contributed by atoms with E-state index in [0.717, 1.165) is 0 Å². The molecule has 0 amide bonds. The van der Waals surface area contributed by atoms with Gasteiger partial charge in [0.15, 0.2) is 6.29 Å². The summed E-state index contributed by atoms with van der Waals surface area (Å²) >= 11 is 0. The lowest BCUT2D eigenvalue weighted by Gasteiger charge is -2.20. The molecule has 0 heterocycles. The second-order valence-electron chi connectivity index (χ2n) is 2.00. The number of rotatable bonds is 5. The van der Waals surface area contributed by atoms with Crippen LogP contribution in [0.4, 0.5) is 0 Å². The number of hydrogen-bond donors (Lipinski definition) is 0. The molecule has 0 rings (SSSR count). The van der Waals surface area contributed by atoms with Gasteiger partial charge in [-0.15, -0.1) is 0 Å². The van der Waals surface area contributed by atoms with E-state index in [4.69, 9.17) is 14.2 Å². The van der Waals surface area contributed by atoms with Crippen LogP contribution in [0.15, 0.2) is 0 Å². The maximum absolute atomic E-state index is 5.24. The van der Waals surface area contributed by atoms with Crippen molar-refractivity contribution >= 4 is 0 Å². The van der Waals surface area contributed by atoms with Crippen molar-refractivity contribution in [3.63, 3.8) is 0 Å². The molecule has 0 aromatic rings. The third-order valence-corrected chi connectivity index (χ3v) is 1.28. The summed E-state index contributed by atoms with van der Waals surface area (Å²) in [5.41, 5.74) is 0. The maximum Gasteiger partial charge on any atom is 0.182 e. The molecule has 0 saturated carbocycles. The van der Waals surface area contributed by atoms with E-state index in [0.29, 0.717) is 6.61 Å². The Morgan fingerprint density at radius 3 is 2.00 bits per heavy atom. The van der Waals surface area contributed by atoms with Gasteiger partial charge in [0.1, 0.15) is 6.10 Å². The molecule has 3 nitrogen and oxygen atoms in total. The molecule has 0 aliphatic carbocycles. The summed E-state index contributed by atoms with van der Waals surface area (Å²) in [6.07, 6.45) is -0.250. The summed E-state index contributed by atoms with van der Waals surface area (Å²) < 4.78 is 15.2. The Balaban J connectivity index is 3.53. The summed E-state index contributed by atoms with van der Waals surface area (Å²) in [4.78, 5) is 0. The predicted octanol–water partition coefficient (Wildman–Crippen LogP) is 1.03. The van der Waals surface area contributed by atoms with Gasteiger partial charge in [-0.3, -0.25) is 0 Å². The van der Waals surface area contributed by atoms with Gasteiger partial charge in [0.05, 0.1) is 0 Å². The minimum absolute atomic E-state index is 0.000000000000000222. The van der Waals surface area contributed by atoms with Crippen LogP contribution in [0.2, 0.25) is 0 Å². The van der Waals surface area contributed by atoms with E-state index in [1.165, 1.54) is 0 Å². The molecule has 3 heteroatoms. The van der Waals surface area contributed by atoms with E-state index >= 15 is 0 Å². The molecule has 1 unspecified atom stereocenters. The molecule has 0 aromatic heterocycles. The van der Waals surface area contributed by atoms with Crippen LogP contribution in [-0.4, -0.2) is 33.2 Å². The summed E-state index contributed by atoms with van der Waals surface area (Å²) in [5.74, 6) is 0. The van der Waals surface area contributed by atoms with Gasteiger partial charge in [-0.1, -0.05) is 0 Å². The molecule has 0 radical (unpaired) electrons. The van der Waals surface area contributed by atoms with Crippen LogP contribution in [0.3, 0.4) is 0 Å². The molecular weight excluding hydrogens is 132 g/mol. The summed E-state index contributed by atoms with van der Waals surface area (Å²) in [6.45, 7) is 4.55. The second kappa shape index (κ2) is 5.65. The van der Waals surface area contributed by atoms with Crippen molar-refractivity contribution in [3.8, 4) is 0 Å². The zero-order valence-corrected chi connectivity index (χ0v) is 7.09. The Kier molecular flexibility index (Phi) is 5.58. The van der Waals surface area contributed by atoms with E-state index in [1.807, 2.05) is 13.8 Å². The second-order valence-corrected chi connectivity index (χ2v) is 2.00. The smallest absolute Gasteiger partial charge is 0.182 e. The number of hydrogen-bond acceptors (Lipinski definition) is 3. The minimum atomic E-state index is -0.250. The van der Waals surface area contributed by atoms with Gasteiger partial charge in [-0.2, -0.15) is 0 Å². The van der Waals surface area contributed by atoms with Gasteiger partial charge < -0.3 is 14.2 Å². The van der Waals surface area contributed by atoms with Crippen LogP contribution in [-0.2, 0) is 14.2 Å². The van der Waals surface area contributed by atoms with Gasteiger partial charge >= 0.3 is 0 Å². The summed E-state index contributed by atoms with van der Waals surface area (Å²) in [6, 6.07) is 0. The quantitative estimate of drug-likeness (QED) is 0.545. The van der Waals surface area contributed by atoms with Gasteiger partial charge in [-0.05, 0) is 13.8 Å². The Morgan fingerprint density at radius 1 is 1.20 bits per heavy atom. The predicted molar refractivity (Wildman–Crippen MR) is 38.9 cm³/mol. The maximum atomic E-state index is 5.24. The van der Waals surface area contributed by atoms with E-state index in [2.05, 4.69) is 0 Å². The number of methoxy groups -OCH3 is 2. The van der Waals surface area contributed by atoms with E-state index in [-0.39, 0.29) is 12.4 Å². The normalized spacial score (nSPS) is 14.1. The Labute approximate surface area is 62.3 Å². The molecule has 0 aliphatic rings. The average Bonchev–Trinajstić information content (AvgIpc) is 1.91. The number of ether oxygens (including phenoxy) is 3. The fourth-order valence-electron chi connectivity index (χ4n) is 0.821. The van der Waals surface area contributed by atoms with Crippen LogP contribution < -0.4 is 0 Å². The first-order valence-corrected chi connectivity index (χ1v) is 3.43. The van der Waals surface area contributed by atoms with E-state index in [9.17, 15) is 0 Å². The van der Waals surface area contributed by atoms with Gasteiger partial charge in [0.25, 0.3) is 0 Å². The average molecular weight is 148 g/mol.